The van der Waals surface area contributed by atoms with Crippen molar-refractivity contribution in [2.24, 2.45) is 5.73 Å². The molecule has 0 amide bonds. The lowest BCUT2D eigenvalue weighted by atomic mass is 10.00. The highest BCUT2D eigenvalue weighted by molar-refractivity contribution is 5.85. The molecule has 18 heavy (non-hydrogen) atoms. The zero-order valence-corrected chi connectivity index (χ0v) is 9.26. The largest absolute Gasteiger partial charge is 0.416 e. The van der Waals surface area contributed by atoms with Crippen LogP contribution in [0.5, 0.6) is 0 Å². The van der Waals surface area contributed by atoms with Crippen LogP contribution in [-0.4, -0.2) is 6.18 Å². The minimum absolute atomic E-state index is 0. The van der Waals surface area contributed by atoms with Crippen LogP contribution in [0.3, 0.4) is 0 Å². The standard InChI is InChI=1S/C9H6F7N.ClH/c10-4-1-2-6(8(11,12)13)5(3-4)7(17)9(14,15)16;/h1-3,7H,17H2;1H/t7-;/m1./s1. The summed E-state index contributed by atoms with van der Waals surface area (Å²) in [6.45, 7) is 0. The van der Waals surface area contributed by atoms with Gasteiger partial charge in [0.15, 0.2) is 0 Å². The lowest BCUT2D eigenvalue weighted by Crippen LogP contribution is -2.30. The number of benzene rings is 1. The van der Waals surface area contributed by atoms with E-state index in [1.54, 1.807) is 0 Å². The third kappa shape index (κ3) is 3.74. The predicted molar refractivity (Wildman–Crippen MR) is 51.6 cm³/mol. The lowest BCUT2D eigenvalue weighted by molar-refractivity contribution is -0.155. The summed E-state index contributed by atoms with van der Waals surface area (Å²) >= 11 is 0. The second-order valence-electron chi connectivity index (χ2n) is 3.25. The Kier molecular flexibility index (Phi) is 5.01. The molecule has 0 saturated heterocycles. The quantitative estimate of drug-likeness (QED) is 0.783. The zero-order chi connectivity index (χ0) is 13.4. The first-order chi connectivity index (χ1) is 7.53. The first-order valence-corrected chi connectivity index (χ1v) is 4.22. The minimum Gasteiger partial charge on any atom is -0.316 e. The average Bonchev–Trinajstić information content (AvgIpc) is 2.13. The fourth-order valence-electron chi connectivity index (χ4n) is 1.23. The molecule has 0 bridgehead atoms. The van der Waals surface area contributed by atoms with Crippen LogP contribution in [0, 0.1) is 5.82 Å². The first kappa shape index (κ1) is 17.0. The Bertz CT molecular complexity index is 412. The number of halogens is 8. The Morgan fingerprint density at radius 2 is 1.50 bits per heavy atom. The summed E-state index contributed by atoms with van der Waals surface area (Å²) in [6, 6.07) is -2.08. The van der Waals surface area contributed by atoms with Gasteiger partial charge in [0.25, 0.3) is 0 Å². The Hall–Kier alpha value is -1.02. The average molecular weight is 298 g/mol. The summed E-state index contributed by atoms with van der Waals surface area (Å²) < 4.78 is 86.5. The molecule has 0 aromatic heterocycles. The van der Waals surface area contributed by atoms with E-state index < -0.39 is 35.3 Å². The molecule has 1 rings (SSSR count). The molecule has 1 nitrogen and oxygen atoms in total. The van der Waals surface area contributed by atoms with Gasteiger partial charge in [-0.25, -0.2) is 4.39 Å². The van der Waals surface area contributed by atoms with Crippen molar-refractivity contribution in [1.82, 2.24) is 0 Å². The highest BCUT2D eigenvalue weighted by atomic mass is 35.5. The molecule has 1 atom stereocenters. The molecule has 0 spiro atoms. The molecule has 0 radical (unpaired) electrons. The second kappa shape index (κ2) is 5.31. The van der Waals surface area contributed by atoms with Gasteiger partial charge >= 0.3 is 12.4 Å². The third-order valence-electron chi connectivity index (χ3n) is 2.01. The summed E-state index contributed by atoms with van der Waals surface area (Å²) in [5.41, 5.74) is 1.72. The number of hydrogen-bond donors (Lipinski definition) is 1. The summed E-state index contributed by atoms with van der Waals surface area (Å²) in [7, 11) is 0. The third-order valence-corrected chi connectivity index (χ3v) is 2.01. The van der Waals surface area contributed by atoms with E-state index in [2.05, 4.69) is 5.73 Å². The van der Waals surface area contributed by atoms with Crippen LogP contribution < -0.4 is 5.73 Å². The summed E-state index contributed by atoms with van der Waals surface area (Å²) in [4.78, 5) is 0. The molecule has 0 heterocycles. The molecule has 0 fully saturated rings. The normalized spacial score (nSPS) is 14.0. The summed E-state index contributed by atoms with van der Waals surface area (Å²) in [5, 5.41) is 0. The van der Waals surface area contributed by atoms with Crippen molar-refractivity contribution in [2.75, 3.05) is 0 Å². The summed E-state index contributed by atoms with van der Waals surface area (Å²) in [5.74, 6) is -1.22. The SMILES string of the molecule is Cl.N[C@H](c1cc(F)ccc1C(F)(F)F)C(F)(F)F. The van der Waals surface area contributed by atoms with Crippen molar-refractivity contribution < 1.29 is 30.7 Å². The van der Waals surface area contributed by atoms with Crippen molar-refractivity contribution in [1.29, 1.82) is 0 Å². The van der Waals surface area contributed by atoms with Crippen molar-refractivity contribution in [2.45, 2.75) is 18.4 Å². The van der Waals surface area contributed by atoms with Gasteiger partial charge in [-0.05, 0) is 23.8 Å². The maximum absolute atomic E-state index is 12.7. The molecular weight excluding hydrogens is 291 g/mol. The Labute approximate surface area is 103 Å². The van der Waals surface area contributed by atoms with E-state index in [1.807, 2.05) is 0 Å². The lowest BCUT2D eigenvalue weighted by Gasteiger charge is -2.20. The van der Waals surface area contributed by atoms with Gasteiger partial charge in [-0.1, -0.05) is 0 Å². The topological polar surface area (TPSA) is 26.0 Å². The fraction of sp³-hybridized carbons (Fsp3) is 0.333. The first-order valence-electron chi connectivity index (χ1n) is 4.22. The number of rotatable bonds is 1. The Balaban J connectivity index is 0.00000289. The number of nitrogens with two attached hydrogens (primary N) is 1. The second-order valence-corrected chi connectivity index (χ2v) is 3.25. The highest BCUT2D eigenvalue weighted by Crippen LogP contribution is 2.39. The molecule has 1 aromatic rings. The van der Waals surface area contributed by atoms with Crippen LogP contribution in [0.1, 0.15) is 17.2 Å². The van der Waals surface area contributed by atoms with Gasteiger partial charge < -0.3 is 5.73 Å². The van der Waals surface area contributed by atoms with Crippen LogP contribution >= 0.6 is 12.4 Å². The van der Waals surface area contributed by atoms with Crippen molar-refractivity contribution >= 4 is 12.4 Å². The maximum Gasteiger partial charge on any atom is 0.416 e. The molecule has 2 N–H and O–H groups in total. The maximum atomic E-state index is 12.7. The van der Waals surface area contributed by atoms with E-state index >= 15 is 0 Å². The van der Waals surface area contributed by atoms with E-state index in [0.717, 1.165) is 0 Å². The molecule has 0 aliphatic carbocycles. The van der Waals surface area contributed by atoms with E-state index in [0.29, 0.717) is 6.07 Å². The predicted octanol–water partition coefficient (Wildman–Crippen LogP) is 3.83. The highest BCUT2D eigenvalue weighted by Gasteiger charge is 2.43. The molecule has 1 aromatic carbocycles. The molecule has 104 valence electrons. The van der Waals surface area contributed by atoms with E-state index in [-0.39, 0.29) is 24.5 Å². The van der Waals surface area contributed by atoms with Gasteiger partial charge in [0.05, 0.1) is 5.56 Å². The van der Waals surface area contributed by atoms with Crippen LogP contribution in [0.4, 0.5) is 30.7 Å². The molecule has 0 unspecified atom stereocenters. The minimum atomic E-state index is -5.08. The van der Waals surface area contributed by atoms with Gasteiger partial charge in [0, 0.05) is 0 Å². The molecule has 0 aliphatic rings. The Morgan fingerprint density at radius 1 is 1.00 bits per heavy atom. The molecular formula is C9H7ClF7N. The van der Waals surface area contributed by atoms with Crippen LogP contribution in [0.15, 0.2) is 18.2 Å². The van der Waals surface area contributed by atoms with Gasteiger partial charge in [-0.3, -0.25) is 0 Å². The van der Waals surface area contributed by atoms with Gasteiger partial charge in [-0.2, -0.15) is 26.3 Å². The summed E-state index contributed by atoms with van der Waals surface area (Å²) in [6.07, 6.45) is -10.1. The molecule has 0 aliphatic heterocycles. The van der Waals surface area contributed by atoms with Gasteiger partial charge in [0.1, 0.15) is 11.9 Å². The van der Waals surface area contributed by atoms with Crippen molar-refractivity contribution in [3.8, 4) is 0 Å². The van der Waals surface area contributed by atoms with E-state index in [1.165, 1.54) is 0 Å². The smallest absolute Gasteiger partial charge is 0.316 e. The van der Waals surface area contributed by atoms with Gasteiger partial charge in [-0.15, -0.1) is 12.4 Å². The van der Waals surface area contributed by atoms with Crippen LogP contribution in [0.2, 0.25) is 0 Å². The number of hydrogen-bond acceptors (Lipinski definition) is 1. The van der Waals surface area contributed by atoms with E-state index in [9.17, 15) is 30.7 Å². The number of alkyl halides is 6. The molecule has 0 saturated carbocycles. The van der Waals surface area contributed by atoms with Crippen LogP contribution in [-0.2, 0) is 6.18 Å². The van der Waals surface area contributed by atoms with Gasteiger partial charge in [0.2, 0.25) is 0 Å². The monoisotopic (exact) mass is 297 g/mol. The van der Waals surface area contributed by atoms with E-state index in [4.69, 9.17) is 0 Å². The van der Waals surface area contributed by atoms with Crippen LogP contribution in [0.25, 0.3) is 0 Å². The van der Waals surface area contributed by atoms with Crippen molar-refractivity contribution in [3.63, 3.8) is 0 Å². The zero-order valence-electron chi connectivity index (χ0n) is 8.44. The Morgan fingerprint density at radius 3 is 1.89 bits per heavy atom. The fourth-order valence-corrected chi connectivity index (χ4v) is 1.23. The van der Waals surface area contributed by atoms with Crippen molar-refractivity contribution in [3.05, 3.63) is 35.1 Å². The molecule has 9 heteroatoms.